The van der Waals surface area contributed by atoms with Gasteiger partial charge in [0, 0.05) is 19.7 Å². The monoisotopic (exact) mass is 334 g/mol. The van der Waals surface area contributed by atoms with E-state index in [0.717, 1.165) is 18.4 Å². The highest BCUT2D eigenvalue weighted by Crippen LogP contribution is 2.22. The second-order valence-corrected chi connectivity index (χ2v) is 6.91. The molecular formula is C19H30N2O3. The van der Waals surface area contributed by atoms with E-state index >= 15 is 0 Å². The van der Waals surface area contributed by atoms with Gasteiger partial charge in [-0.3, -0.25) is 0 Å². The molecule has 2 N–H and O–H groups in total. The lowest BCUT2D eigenvalue weighted by Crippen LogP contribution is -2.48. The van der Waals surface area contributed by atoms with Gasteiger partial charge in [0.2, 0.25) is 0 Å². The summed E-state index contributed by atoms with van der Waals surface area (Å²) in [5, 5.41) is 12.2. The van der Waals surface area contributed by atoms with E-state index in [1.165, 1.54) is 0 Å². The Morgan fingerprint density at radius 1 is 1.38 bits per heavy atom. The normalized spacial score (nSPS) is 19.3. The molecule has 134 valence electrons. The second kappa shape index (κ2) is 9.64. The van der Waals surface area contributed by atoms with E-state index in [1.54, 1.807) is 0 Å². The first-order valence-electron chi connectivity index (χ1n) is 8.90. The zero-order chi connectivity index (χ0) is 17.4. The predicted octanol–water partition coefficient (Wildman–Crippen LogP) is 2.81. The number of carbonyl (C=O) groups excluding carboxylic acids is 1. The number of aliphatic hydroxyl groups is 1. The predicted molar refractivity (Wildman–Crippen MR) is 94.8 cm³/mol. The van der Waals surface area contributed by atoms with Gasteiger partial charge in [0.05, 0.1) is 13.2 Å². The third-order valence-corrected chi connectivity index (χ3v) is 4.41. The number of amides is 2. The third kappa shape index (κ3) is 5.80. The van der Waals surface area contributed by atoms with Gasteiger partial charge in [-0.2, -0.15) is 0 Å². The zero-order valence-electron chi connectivity index (χ0n) is 14.8. The fraction of sp³-hybridized carbons (Fsp3) is 0.632. The Hall–Kier alpha value is -1.59. The van der Waals surface area contributed by atoms with Gasteiger partial charge in [0.15, 0.2) is 0 Å². The topological polar surface area (TPSA) is 61.8 Å². The van der Waals surface area contributed by atoms with E-state index in [9.17, 15) is 9.90 Å². The minimum atomic E-state index is -0.0606. The highest BCUT2D eigenvalue weighted by molar-refractivity contribution is 5.74. The van der Waals surface area contributed by atoms with Crippen LogP contribution in [-0.4, -0.2) is 48.9 Å². The molecule has 0 aromatic heterocycles. The summed E-state index contributed by atoms with van der Waals surface area (Å²) in [5.41, 5.74) is 1.10. The molecule has 0 aliphatic carbocycles. The molecule has 0 saturated carbocycles. The molecule has 1 fully saturated rings. The number of urea groups is 1. The van der Waals surface area contributed by atoms with Crippen LogP contribution in [0.2, 0.25) is 0 Å². The number of hydrogen-bond acceptors (Lipinski definition) is 3. The van der Waals surface area contributed by atoms with Crippen molar-refractivity contribution in [2.75, 3.05) is 32.8 Å². The van der Waals surface area contributed by atoms with Crippen molar-refractivity contribution in [3.63, 3.8) is 0 Å². The average molecular weight is 334 g/mol. The smallest absolute Gasteiger partial charge is 0.317 e. The maximum atomic E-state index is 12.5. The average Bonchev–Trinajstić information content (AvgIpc) is 2.60. The number of aliphatic hydroxyl groups excluding tert-OH is 1. The maximum Gasteiger partial charge on any atom is 0.317 e. The molecule has 1 saturated heterocycles. The van der Waals surface area contributed by atoms with Crippen LogP contribution in [0.3, 0.4) is 0 Å². The molecule has 1 aliphatic rings. The van der Waals surface area contributed by atoms with Gasteiger partial charge >= 0.3 is 6.03 Å². The van der Waals surface area contributed by atoms with Gasteiger partial charge in [-0.1, -0.05) is 44.2 Å². The Kier molecular flexibility index (Phi) is 7.53. The Bertz CT molecular complexity index is 493. The molecular weight excluding hydrogens is 304 g/mol. The molecule has 5 nitrogen and oxygen atoms in total. The Morgan fingerprint density at radius 3 is 2.79 bits per heavy atom. The minimum Gasteiger partial charge on any atom is -0.396 e. The standard InChI is InChI=1S/C19H30N2O3/c1-15(2)12-16(8-10-22)13-20-19(23)21-9-11-24-18(14-21)17-6-4-3-5-7-17/h3-7,15-16,18,22H,8-14H2,1-2H3,(H,20,23). The first kappa shape index (κ1) is 18.7. The van der Waals surface area contributed by atoms with E-state index < -0.39 is 0 Å². The fourth-order valence-electron chi connectivity index (χ4n) is 3.20. The molecule has 24 heavy (non-hydrogen) atoms. The summed E-state index contributed by atoms with van der Waals surface area (Å²) < 4.78 is 5.81. The van der Waals surface area contributed by atoms with E-state index in [-0.39, 0.29) is 18.7 Å². The molecule has 2 rings (SSSR count). The molecule has 2 amide bonds. The number of morpholine rings is 1. The summed E-state index contributed by atoms with van der Waals surface area (Å²) in [6.07, 6.45) is 1.68. The van der Waals surface area contributed by atoms with Gasteiger partial charge in [-0.25, -0.2) is 4.79 Å². The first-order chi connectivity index (χ1) is 11.6. The van der Waals surface area contributed by atoms with Gasteiger partial charge in [-0.05, 0) is 30.2 Å². The lowest BCUT2D eigenvalue weighted by Gasteiger charge is -2.33. The third-order valence-electron chi connectivity index (χ3n) is 4.41. The fourth-order valence-corrected chi connectivity index (χ4v) is 3.20. The zero-order valence-corrected chi connectivity index (χ0v) is 14.8. The SMILES string of the molecule is CC(C)CC(CCO)CNC(=O)N1CCOC(c2ccccc2)C1. The molecule has 0 bridgehead atoms. The summed E-state index contributed by atoms with van der Waals surface area (Å²) in [5.74, 6) is 0.884. The van der Waals surface area contributed by atoms with Crippen LogP contribution >= 0.6 is 0 Å². The van der Waals surface area contributed by atoms with Gasteiger partial charge in [-0.15, -0.1) is 0 Å². The van der Waals surface area contributed by atoms with Crippen LogP contribution in [0.5, 0.6) is 0 Å². The molecule has 2 atom stereocenters. The molecule has 1 aromatic carbocycles. The number of benzene rings is 1. The molecule has 2 unspecified atom stereocenters. The van der Waals surface area contributed by atoms with Crippen molar-refractivity contribution in [3.05, 3.63) is 35.9 Å². The lowest BCUT2D eigenvalue weighted by molar-refractivity contribution is -0.0155. The number of nitrogens with zero attached hydrogens (tertiary/aromatic N) is 1. The van der Waals surface area contributed by atoms with Crippen LogP contribution in [0.15, 0.2) is 30.3 Å². The van der Waals surface area contributed by atoms with E-state index in [1.807, 2.05) is 35.2 Å². The van der Waals surface area contributed by atoms with Crippen LogP contribution in [-0.2, 0) is 4.74 Å². The summed E-state index contributed by atoms with van der Waals surface area (Å²) in [7, 11) is 0. The molecule has 5 heteroatoms. The van der Waals surface area contributed by atoms with E-state index in [2.05, 4.69) is 19.2 Å². The van der Waals surface area contributed by atoms with Crippen LogP contribution < -0.4 is 5.32 Å². The number of carbonyl (C=O) groups is 1. The minimum absolute atomic E-state index is 0.0362. The summed E-state index contributed by atoms with van der Waals surface area (Å²) in [6.45, 7) is 6.86. The van der Waals surface area contributed by atoms with Crippen molar-refractivity contribution < 1.29 is 14.6 Å². The van der Waals surface area contributed by atoms with Crippen molar-refractivity contribution in [1.29, 1.82) is 0 Å². The van der Waals surface area contributed by atoms with Crippen molar-refractivity contribution in [2.45, 2.75) is 32.8 Å². The molecule has 0 spiro atoms. The Balaban J connectivity index is 1.85. The van der Waals surface area contributed by atoms with Crippen LogP contribution in [0, 0.1) is 11.8 Å². The Morgan fingerprint density at radius 2 is 2.12 bits per heavy atom. The van der Waals surface area contributed by atoms with Gasteiger partial charge < -0.3 is 20.1 Å². The lowest BCUT2D eigenvalue weighted by atomic mass is 9.94. The van der Waals surface area contributed by atoms with Crippen molar-refractivity contribution >= 4 is 6.03 Å². The molecule has 0 radical (unpaired) electrons. The van der Waals surface area contributed by atoms with Gasteiger partial charge in [0.25, 0.3) is 0 Å². The van der Waals surface area contributed by atoms with E-state index in [0.29, 0.717) is 38.1 Å². The number of ether oxygens (including phenoxy) is 1. The largest absolute Gasteiger partial charge is 0.396 e. The van der Waals surface area contributed by atoms with Crippen molar-refractivity contribution in [2.24, 2.45) is 11.8 Å². The molecule has 1 aromatic rings. The van der Waals surface area contributed by atoms with Gasteiger partial charge in [0.1, 0.15) is 6.10 Å². The summed E-state index contributed by atoms with van der Waals surface area (Å²) in [6, 6.07) is 9.99. The highest BCUT2D eigenvalue weighted by Gasteiger charge is 2.25. The summed E-state index contributed by atoms with van der Waals surface area (Å²) >= 11 is 0. The number of hydrogen-bond donors (Lipinski definition) is 2. The highest BCUT2D eigenvalue weighted by atomic mass is 16.5. The maximum absolute atomic E-state index is 12.5. The second-order valence-electron chi connectivity index (χ2n) is 6.91. The first-order valence-corrected chi connectivity index (χ1v) is 8.90. The van der Waals surface area contributed by atoms with Crippen LogP contribution in [0.25, 0.3) is 0 Å². The quantitative estimate of drug-likeness (QED) is 0.806. The molecule has 1 aliphatic heterocycles. The van der Waals surface area contributed by atoms with Crippen LogP contribution in [0.4, 0.5) is 4.79 Å². The van der Waals surface area contributed by atoms with Crippen molar-refractivity contribution in [1.82, 2.24) is 10.2 Å². The number of rotatable bonds is 7. The number of nitrogens with one attached hydrogen (secondary N) is 1. The Labute approximate surface area is 145 Å². The summed E-state index contributed by atoms with van der Waals surface area (Å²) in [4.78, 5) is 14.3. The van der Waals surface area contributed by atoms with Crippen LogP contribution in [0.1, 0.15) is 38.4 Å². The van der Waals surface area contributed by atoms with E-state index in [4.69, 9.17) is 4.74 Å². The molecule has 1 heterocycles. The van der Waals surface area contributed by atoms with Crippen molar-refractivity contribution in [3.8, 4) is 0 Å².